The Morgan fingerprint density at radius 2 is 1.90 bits per heavy atom. The number of rotatable bonds is 7. The predicted octanol–water partition coefficient (Wildman–Crippen LogP) is 6.13. The van der Waals surface area contributed by atoms with Crippen molar-refractivity contribution in [3.63, 3.8) is 0 Å². The first-order valence-electron chi connectivity index (χ1n) is 6.98. The summed E-state index contributed by atoms with van der Waals surface area (Å²) in [5.41, 5.74) is -0.327. The molecule has 0 amide bonds. The Hall–Kier alpha value is -0.900. The number of unbranched alkanes of at least 4 members (excludes halogenated alkanes) is 3. The molecule has 0 aliphatic carbocycles. The minimum absolute atomic E-state index is 0.104. The highest BCUT2D eigenvalue weighted by Gasteiger charge is 2.31. The van der Waals surface area contributed by atoms with Crippen molar-refractivity contribution in [2.45, 2.75) is 58.2 Å². The topological polar surface area (TPSA) is 12.0 Å². The Balaban J connectivity index is 2.62. The van der Waals surface area contributed by atoms with Crippen LogP contribution in [0.15, 0.2) is 18.2 Å². The van der Waals surface area contributed by atoms with Crippen LogP contribution in [0, 0.1) is 0 Å². The van der Waals surface area contributed by atoms with Gasteiger partial charge in [0, 0.05) is 6.04 Å². The number of benzene rings is 1. The highest BCUT2D eigenvalue weighted by atomic mass is 35.5. The third kappa shape index (κ3) is 5.61. The molecule has 0 aliphatic rings. The molecule has 1 rings (SSSR count). The quantitative estimate of drug-likeness (QED) is 0.597. The Labute approximate surface area is 123 Å². The molecule has 0 heterocycles. The summed E-state index contributed by atoms with van der Waals surface area (Å²) in [7, 11) is 0. The first-order valence-corrected chi connectivity index (χ1v) is 7.35. The van der Waals surface area contributed by atoms with Gasteiger partial charge in [0.25, 0.3) is 0 Å². The van der Waals surface area contributed by atoms with Crippen molar-refractivity contribution in [3.05, 3.63) is 28.8 Å². The first-order chi connectivity index (χ1) is 9.34. The van der Waals surface area contributed by atoms with Crippen LogP contribution in [-0.2, 0) is 6.18 Å². The van der Waals surface area contributed by atoms with Crippen LogP contribution in [-0.4, -0.2) is 6.04 Å². The van der Waals surface area contributed by atoms with Gasteiger partial charge in [-0.25, -0.2) is 0 Å². The molecular weight excluding hydrogens is 287 g/mol. The smallest absolute Gasteiger partial charge is 0.381 e. The summed E-state index contributed by atoms with van der Waals surface area (Å²) in [5.74, 6) is 0. The molecule has 1 unspecified atom stereocenters. The lowest BCUT2D eigenvalue weighted by molar-refractivity contribution is -0.137. The van der Waals surface area contributed by atoms with E-state index in [-0.39, 0.29) is 6.04 Å². The second kappa shape index (κ2) is 7.77. The summed E-state index contributed by atoms with van der Waals surface area (Å²) in [6.45, 7) is 4.10. The molecule has 1 N–H and O–H groups in total. The molecule has 0 fully saturated rings. The second-order valence-corrected chi connectivity index (χ2v) is 5.49. The molecule has 0 bridgehead atoms. The van der Waals surface area contributed by atoms with Crippen LogP contribution < -0.4 is 5.32 Å². The molecule has 0 saturated heterocycles. The highest BCUT2D eigenvalue weighted by molar-refractivity contribution is 6.33. The van der Waals surface area contributed by atoms with Crippen molar-refractivity contribution in [1.29, 1.82) is 0 Å². The monoisotopic (exact) mass is 307 g/mol. The zero-order valence-corrected chi connectivity index (χ0v) is 12.6. The van der Waals surface area contributed by atoms with Gasteiger partial charge in [0.1, 0.15) is 0 Å². The highest BCUT2D eigenvalue weighted by Crippen LogP contribution is 2.34. The summed E-state index contributed by atoms with van der Waals surface area (Å²) in [4.78, 5) is 0. The van der Waals surface area contributed by atoms with Gasteiger partial charge in [-0.2, -0.15) is 13.2 Å². The molecule has 5 heteroatoms. The van der Waals surface area contributed by atoms with Gasteiger partial charge in [0.05, 0.1) is 16.3 Å². The van der Waals surface area contributed by atoms with E-state index in [0.29, 0.717) is 10.7 Å². The maximum absolute atomic E-state index is 12.7. The molecule has 114 valence electrons. The summed E-state index contributed by atoms with van der Waals surface area (Å²) in [5, 5.41) is 3.39. The van der Waals surface area contributed by atoms with Crippen molar-refractivity contribution in [2.24, 2.45) is 0 Å². The number of nitrogens with one attached hydrogen (secondary N) is 1. The third-order valence-corrected chi connectivity index (χ3v) is 3.52. The Kier molecular flexibility index (Phi) is 6.66. The van der Waals surface area contributed by atoms with Crippen molar-refractivity contribution < 1.29 is 13.2 Å². The minimum atomic E-state index is -4.34. The van der Waals surface area contributed by atoms with Gasteiger partial charge in [0.2, 0.25) is 0 Å². The van der Waals surface area contributed by atoms with Crippen molar-refractivity contribution in [3.8, 4) is 0 Å². The zero-order chi connectivity index (χ0) is 15.2. The van der Waals surface area contributed by atoms with E-state index in [1.165, 1.54) is 18.9 Å². The largest absolute Gasteiger partial charge is 0.416 e. The average molecular weight is 308 g/mol. The van der Waals surface area contributed by atoms with E-state index < -0.39 is 11.7 Å². The maximum atomic E-state index is 12.7. The van der Waals surface area contributed by atoms with Crippen LogP contribution in [0.25, 0.3) is 0 Å². The van der Waals surface area contributed by atoms with Crippen LogP contribution in [0.5, 0.6) is 0 Å². The average Bonchev–Trinajstić information content (AvgIpc) is 2.36. The molecule has 1 aromatic carbocycles. The van der Waals surface area contributed by atoms with E-state index in [0.717, 1.165) is 31.4 Å². The van der Waals surface area contributed by atoms with Crippen LogP contribution in [0.2, 0.25) is 5.02 Å². The molecule has 0 aromatic heterocycles. The predicted molar refractivity (Wildman–Crippen MR) is 78.3 cm³/mol. The summed E-state index contributed by atoms with van der Waals surface area (Å²) >= 11 is 5.94. The number of alkyl halides is 3. The van der Waals surface area contributed by atoms with E-state index in [9.17, 15) is 13.2 Å². The molecule has 20 heavy (non-hydrogen) atoms. The van der Waals surface area contributed by atoms with E-state index in [1.54, 1.807) is 0 Å². The second-order valence-electron chi connectivity index (χ2n) is 5.09. The third-order valence-electron chi connectivity index (χ3n) is 3.19. The van der Waals surface area contributed by atoms with Gasteiger partial charge in [-0.05, 0) is 31.5 Å². The molecule has 0 aliphatic heterocycles. The SMILES string of the molecule is CCCCCCC(C)Nc1cc(C(F)(F)F)ccc1Cl. The molecular formula is C15H21ClF3N. The normalized spacial score (nSPS) is 13.3. The number of hydrogen-bond acceptors (Lipinski definition) is 1. The molecule has 0 spiro atoms. The Bertz CT molecular complexity index is 418. The fourth-order valence-corrected chi connectivity index (χ4v) is 2.20. The number of halogens is 4. The molecule has 0 radical (unpaired) electrons. The molecule has 1 nitrogen and oxygen atoms in total. The minimum Gasteiger partial charge on any atom is -0.381 e. The van der Waals surface area contributed by atoms with E-state index in [2.05, 4.69) is 12.2 Å². The molecule has 1 atom stereocenters. The zero-order valence-electron chi connectivity index (χ0n) is 11.9. The van der Waals surface area contributed by atoms with Crippen molar-refractivity contribution in [1.82, 2.24) is 0 Å². The molecule has 0 saturated carbocycles. The fraction of sp³-hybridized carbons (Fsp3) is 0.600. The lowest BCUT2D eigenvalue weighted by Gasteiger charge is -2.17. The van der Waals surface area contributed by atoms with Crippen molar-refractivity contribution in [2.75, 3.05) is 5.32 Å². The van der Waals surface area contributed by atoms with Gasteiger partial charge >= 0.3 is 6.18 Å². The van der Waals surface area contributed by atoms with Crippen LogP contribution >= 0.6 is 11.6 Å². The maximum Gasteiger partial charge on any atom is 0.416 e. The fourth-order valence-electron chi connectivity index (χ4n) is 2.03. The van der Waals surface area contributed by atoms with Gasteiger partial charge in [-0.1, -0.05) is 44.2 Å². The Morgan fingerprint density at radius 3 is 2.50 bits per heavy atom. The summed E-state index contributed by atoms with van der Waals surface area (Å²) < 4.78 is 38.0. The van der Waals surface area contributed by atoms with Gasteiger partial charge in [-0.3, -0.25) is 0 Å². The summed E-state index contributed by atoms with van der Waals surface area (Å²) in [6, 6.07) is 3.47. The first kappa shape index (κ1) is 17.2. The summed E-state index contributed by atoms with van der Waals surface area (Å²) in [6.07, 6.45) is 1.16. The number of anilines is 1. The van der Waals surface area contributed by atoms with Crippen molar-refractivity contribution >= 4 is 17.3 Å². The van der Waals surface area contributed by atoms with E-state index in [1.807, 2.05) is 6.92 Å². The Morgan fingerprint density at radius 1 is 1.20 bits per heavy atom. The molecule has 1 aromatic rings. The van der Waals surface area contributed by atoms with Gasteiger partial charge < -0.3 is 5.32 Å². The van der Waals surface area contributed by atoms with Gasteiger partial charge in [-0.15, -0.1) is 0 Å². The number of hydrogen-bond donors (Lipinski definition) is 1. The lowest BCUT2D eigenvalue weighted by atomic mass is 10.1. The van der Waals surface area contributed by atoms with Crippen LogP contribution in [0.3, 0.4) is 0 Å². The lowest BCUT2D eigenvalue weighted by Crippen LogP contribution is -2.16. The van der Waals surface area contributed by atoms with Gasteiger partial charge in [0.15, 0.2) is 0 Å². The van der Waals surface area contributed by atoms with Crippen LogP contribution in [0.1, 0.15) is 51.5 Å². The van der Waals surface area contributed by atoms with E-state index in [4.69, 9.17) is 11.6 Å². The van der Waals surface area contributed by atoms with Crippen LogP contribution in [0.4, 0.5) is 18.9 Å². The van der Waals surface area contributed by atoms with E-state index >= 15 is 0 Å². The standard InChI is InChI=1S/C15H21ClF3N/c1-3-4-5-6-7-11(2)20-14-10-12(15(17,18)19)8-9-13(14)16/h8-11,20H,3-7H2,1-2H3.